The van der Waals surface area contributed by atoms with Crippen molar-refractivity contribution in [3.8, 4) is 0 Å². The number of hydrazine groups is 1. The molecule has 1 aromatic heterocycles. The van der Waals surface area contributed by atoms with Gasteiger partial charge in [0.25, 0.3) is 0 Å². The number of aliphatic imine (C=N–C) groups is 1. The van der Waals surface area contributed by atoms with E-state index >= 15 is 0 Å². The highest BCUT2D eigenvalue weighted by molar-refractivity contribution is 7.89. The summed E-state index contributed by atoms with van der Waals surface area (Å²) < 4.78 is 30.6. The van der Waals surface area contributed by atoms with Gasteiger partial charge in [-0.3, -0.25) is 14.6 Å². The molecule has 2 aromatic carbocycles. The van der Waals surface area contributed by atoms with E-state index in [1.165, 1.54) is 17.7 Å². The molecule has 0 saturated carbocycles. The molecule has 2 heterocycles. The monoisotopic (exact) mass is 613 g/mol. The number of fused-ring (bicyclic) bond motifs is 1. The second-order valence-corrected chi connectivity index (χ2v) is 13.2. The lowest BCUT2D eigenvalue weighted by atomic mass is 9.88. The highest BCUT2D eigenvalue weighted by Crippen LogP contribution is 2.31. The predicted molar refractivity (Wildman–Crippen MR) is 167 cm³/mol. The van der Waals surface area contributed by atoms with Gasteiger partial charge in [0.2, 0.25) is 15.9 Å². The summed E-state index contributed by atoms with van der Waals surface area (Å²) in [5, 5.41) is 3.53. The molecule has 1 aliphatic heterocycles. The highest BCUT2D eigenvalue weighted by atomic mass is 32.2. The summed E-state index contributed by atoms with van der Waals surface area (Å²) >= 11 is 1.28. The minimum atomic E-state index is -4.11. The molecule has 0 aliphatic carbocycles. The lowest BCUT2D eigenvalue weighted by molar-refractivity contribution is -0.137. The SMILES string of the molecule is CC(C(=O)c1nccs1)C1CCCCN1C(=O)C(CCCN=CNN)NS(=O)(=O)c1cccc2c(N(C)C)cccc12. The van der Waals surface area contributed by atoms with Crippen LogP contribution in [0.4, 0.5) is 5.69 Å². The number of nitrogens with two attached hydrogens (primary N) is 1. The van der Waals surface area contributed by atoms with E-state index in [1.54, 1.807) is 34.7 Å². The van der Waals surface area contributed by atoms with Gasteiger partial charge in [-0.2, -0.15) is 4.72 Å². The van der Waals surface area contributed by atoms with Crippen LogP contribution in [-0.4, -0.2) is 75.6 Å². The largest absolute Gasteiger partial charge is 0.377 e. The Bertz CT molecular complexity index is 1510. The third-order valence-corrected chi connectivity index (χ3v) is 9.96. The summed E-state index contributed by atoms with van der Waals surface area (Å²) in [6.07, 6.45) is 5.94. The van der Waals surface area contributed by atoms with E-state index in [2.05, 4.69) is 20.1 Å². The molecule has 4 N–H and O–H groups in total. The zero-order valence-corrected chi connectivity index (χ0v) is 25.8. The molecule has 1 saturated heterocycles. The van der Waals surface area contributed by atoms with Gasteiger partial charge in [-0.05, 0) is 44.2 Å². The van der Waals surface area contributed by atoms with Gasteiger partial charge in [0.05, 0.1) is 11.2 Å². The van der Waals surface area contributed by atoms with Crippen LogP contribution in [0.25, 0.3) is 10.8 Å². The van der Waals surface area contributed by atoms with Crippen molar-refractivity contribution in [1.82, 2.24) is 20.0 Å². The van der Waals surface area contributed by atoms with Gasteiger partial charge >= 0.3 is 0 Å². The maximum atomic E-state index is 14.2. The molecular weight excluding hydrogens is 574 g/mol. The molecule has 0 bridgehead atoms. The predicted octanol–water partition coefficient (Wildman–Crippen LogP) is 3.18. The number of amides is 1. The first kappa shape index (κ1) is 31.5. The number of aromatic nitrogens is 1. The maximum absolute atomic E-state index is 14.2. The molecule has 1 aliphatic rings. The van der Waals surface area contributed by atoms with Crippen molar-refractivity contribution in [1.29, 1.82) is 0 Å². The van der Waals surface area contributed by atoms with Crippen LogP contribution in [0.15, 0.2) is 57.9 Å². The standard InChI is InChI=1S/C29H39N7O4S2/c1-20(27(37)28-32-16-18-41-28)24-12-4-5-17-36(24)29(38)23(11-8-15-31-19-33-30)34-42(39,40)26-14-7-9-21-22(26)10-6-13-25(21)35(2)3/h6-7,9-10,13-14,16,18-20,23-24,34H,4-5,8,11-12,15,17,30H2,1-3H3,(H,31,33). The molecule has 1 fully saturated rings. The summed E-state index contributed by atoms with van der Waals surface area (Å²) in [5.74, 6) is 4.34. The van der Waals surface area contributed by atoms with E-state index in [0.717, 1.165) is 23.9 Å². The summed E-state index contributed by atoms with van der Waals surface area (Å²) in [5.41, 5.74) is 3.23. The minimum absolute atomic E-state index is 0.106. The zero-order chi connectivity index (χ0) is 30.3. The summed E-state index contributed by atoms with van der Waals surface area (Å²) in [7, 11) is -0.304. The Morgan fingerprint density at radius 2 is 1.98 bits per heavy atom. The normalized spacial score (nSPS) is 17.3. The van der Waals surface area contributed by atoms with Crippen molar-refractivity contribution in [2.24, 2.45) is 16.8 Å². The van der Waals surface area contributed by atoms with Gasteiger partial charge in [-0.15, -0.1) is 11.3 Å². The molecule has 13 heteroatoms. The molecule has 1 amide bonds. The quantitative estimate of drug-likeness (QED) is 0.0665. The number of ketones is 1. The number of hydrogen-bond acceptors (Lipinski definition) is 9. The van der Waals surface area contributed by atoms with Crippen LogP contribution in [0, 0.1) is 5.92 Å². The average molecular weight is 614 g/mol. The lowest BCUT2D eigenvalue weighted by Gasteiger charge is -2.40. The van der Waals surface area contributed by atoms with Crippen LogP contribution in [-0.2, 0) is 14.8 Å². The van der Waals surface area contributed by atoms with E-state index in [1.807, 2.05) is 44.1 Å². The number of carbonyl (C=O) groups is 2. The van der Waals surface area contributed by atoms with Gasteiger partial charge in [0.1, 0.15) is 6.04 Å². The number of carbonyl (C=O) groups excluding carboxylic acids is 2. The molecular formula is C29H39N7O4S2. The molecule has 3 unspecified atom stereocenters. The first-order chi connectivity index (χ1) is 20.2. The number of hydrogen-bond donors (Lipinski definition) is 3. The van der Waals surface area contributed by atoms with Crippen molar-refractivity contribution >= 4 is 55.8 Å². The second-order valence-electron chi connectivity index (χ2n) is 10.6. The number of nitrogens with one attached hydrogen (secondary N) is 2. The molecule has 3 aromatic rings. The van der Waals surface area contributed by atoms with Crippen LogP contribution < -0.4 is 20.9 Å². The van der Waals surface area contributed by atoms with Gasteiger partial charge in [0.15, 0.2) is 10.8 Å². The van der Waals surface area contributed by atoms with Gasteiger partial charge in [-0.25, -0.2) is 19.2 Å². The first-order valence-corrected chi connectivity index (χ1v) is 16.4. The maximum Gasteiger partial charge on any atom is 0.241 e. The van der Waals surface area contributed by atoms with Crippen molar-refractivity contribution in [3.63, 3.8) is 0 Å². The van der Waals surface area contributed by atoms with Crippen LogP contribution in [0.2, 0.25) is 0 Å². The summed E-state index contributed by atoms with van der Waals surface area (Å²) in [6.45, 7) is 2.64. The summed E-state index contributed by atoms with van der Waals surface area (Å²) in [6, 6.07) is 9.29. The Hall–Kier alpha value is -3.39. The van der Waals surface area contributed by atoms with E-state index in [-0.39, 0.29) is 29.0 Å². The van der Waals surface area contributed by atoms with Crippen LogP contribution in [0.3, 0.4) is 0 Å². The van der Waals surface area contributed by atoms with Crippen molar-refractivity contribution in [3.05, 3.63) is 53.0 Å². The van der Waals surface area contributed by atoms with E-state index in [9.17, 15) is 18.0 Å². The molecule has 0 spiro atoms. The topological polar surface area (TPSA) is 150 Å². The van der Waals surface area contributed by atoms with Crippen LogP contribution in [0.1, 0.15) is 48.8 Å². The fourth-order valence-electron chi connectivity index (χ4n) is 5.54. The van der Waals surface area contributed by atoms with Crippen molar-refractivity contribution < 1.29 is 18.0 Å². The molecule has 3 atom stereocenters. The number of Topliss-reactive ketones (excluding diaryl/α,β-unsaturated/α-hetero) is 1. The smallest absolute Gasteiger partial charge is 0.241 e. The van der Waals surface area contributed by atoms with Crippen molar-refractivity contribution in [2.45, 2.75) is 56.0 Å². The average Bonchev–Trinajstić information content (AvgIpc) is 3.54. The fraction of sp³-hybridized carbons (Fsp3) is 0.448. The molecule has 226 valence electrons. The Balaban J connectivity index is 1.65. The second kappa shape index (κ2) is 14.2. The van der Waals surface area contributed by atoms with Crippen LogP contribution in [0.5, 0.6) is 0 Å². The number of sulfonamides is 1. The number of likely N-dealkylation sites (tertiary alicyclic amines) is 1. The fourth-order valence-corrected chi connectivity index (χ4v) is 7.66. The number of benzene rings is 2. The van der Waals surface area contributed by atoms with Crippen molar-refractivity contribution in [2.75, 3.05) is 32.1 Å². The Morgan fingerprint density at radius 3 is 2.69 bits per heavy atom. The van der Waals surface area contributed by atoms with E-state index in [4.69, 9.17) is 5.84 Å². The number of rotatable bonds is 13. The zero-order valence-electron chi connectivity index (χ0n) is 24.2. The summed E-state index contributed by atoms with van der Waals surface area (Å²) in [4.78, 5) is 39.4. The minimum Gasteiger partial charge on any atom is -0.377 e. The Kier molecular flexibility index (Phi) is 10.7. The van der Waals surface area contributed by atoms with Gasteiger partial charge in [0, 0.05) is 67.2 Å². The molecule has 0 radical (unpaired) electrons. The van der Waals surface area contributed by atoms with Gasteiger partial charge in [-0.1, -0.05) is 31.2 Å². The Labute approximate surface area is 251 Å². The Morgan fingerprint density at radius 1 is 1.21 bits per heavy atom. The lowest BCUT2D eigenvalue weighted by Crippen LogP contribution is -2.55. The van der Waals surface area contributed by atoms with E-state index in [0.29, 0.717) is 36.3 Å². The number of anilines is 1. The number of thiazole rings is 1. The number of nitrogens with zero attached hydrogens (tertiary/aromatic N) is 4. The molecule has 4 rings (SSSR count). The van der Waals surface area contributed by atoms with Gasteiger partial charge < -0.3 is 15.2 Å². The molecule has 42 heavy (non-hydrogen) atoms. The van der Waals surface area contributed by atoms with E-state index < -0.39 is 22.0 Å². The number of piperidine rings is 1. The van der Waals surface area contributed by atoms with Crippen LogP contribution >= 0.6 is 11.3 Å². The highest BCUT2D eigenvalue weighted by Gasteiger charge is 2.39. The first-order valence-electron chi connectivity index (χ1n) is 14.1. The third-order valence-electron chi connectivity index (χ3n) is 7.64. The third kappa shape index (κ3) is 7.14. The molecule has 11 nitrogen and oxygen atoms in total.